The van der Waals surface area contributed by atoms with Gasteiger partial charge >= 0.3 is 0 Å². The second-order valence-corrected chi connectivity index (χ2v) is 7.28. The van der Waals surface area contributed by atoms with Crippen LogP contribution in [0, 0.1) is 0 Å². The maximum atomic E-state index is 12.8. The summed E-state index contributed by atoms with van der Waals surface area (Å²) in [5, 5.41) is 11.5. The van der Waals surface area contributed by atoms with Crippen LogP contribution in [0.4, 0.5) is 5.82 Å². The molecule has 156 valence electrons. The van der Waals surface area contributed by atoms with E-state index in [0.717, 1.165) is 44.8 Å². The van der Waals surface area contributed by atoms with Gasteiger partial charge in [-0.3, -0.25) is 9.59 Å². The second-order valence-electron chi connectivity index (χ2n) is 7.28. The highest BCUT2D eigenvalue weighted by atomic mass is 35.5. The Balaban J connectivity index is 0.00000140. The maximum Gasteiger partial charge on any atom is 0.274 e. The van der Waals surface area contributed by atoms with Crippen molar-refractivity contribution >= 4 is 42.4 Å². The Bertz CT molecular complexity index is 669. The fraction of sp³-hybridized carbons (Fsp3) is 0.667. The summed E-state index contributed by atoms with van der Waals surface area (Å²) in [6, 6.07) is 3.79. The topological polar surface area (TPSA) is 81.7 Å². The highest BCUT2D eigenvalue weighted by Crippen LogP contribution is 2.20. The van der Waals surface area contributed by atoms with Crippen LogP contribution in [0.15, 0.2) is 12.1 Å². The standard InChI is InChI=1S/C18H26N6O2.2ClH/c25-17-12-19-7-11-24(17)14-4-3-10-23(13-14)18(26)15-5-6-16(21-20-15)22-8-1-2-9-22;;/h5-6,14,19H,1-4,7-13H2;2*1H. The van der Waals surface area contributed by atoms with E-state index in [1.54, 1.807) is 6.07 Å². The number of piperazine rings is 1. The van der Waals surface area contributed by atoms with E-state index in [1.165, 1.54) is 12.8 Å². The number of nitrogens with one attached hydrogen (secondary N) is 1. The predicted octanol–water partition coefficient (Wildman–Crippen LogP) is 0.957. The van der Waals surface area contributed by atoms with Crippen LogP contribution in [0.1, 0.15) is 36.2 Å². The molecule has 0 radical (unpaired) electrons. The largest absolute Gasteiger partial charge is 0.355 e. The van der Waals surface area contributed by atoms with E-state index in [1.807, 2.05) is 15.9 Å². The van der Waals surface area contributed by atoms with Crippen molar-refractivity contribution in [1.82, 2.24) is 25.3 Å². The number of amides is 2. The number of carbonyl (C=O) groups excluding carboxylic acids is 2. The molecule has 1 atom stereocenters. The molecule has 1 aromatic heterocycles. The van der Waals surface area contributed by atoms with Crippen molar-refractivity contribution in [3.63, 3.8) is 0 Å². The van der Waals surface area contributed by atoms with E-state index < -0.39 is 0 Å². The Hall–Kier alpha value is -1.64. The number of likely N-dealkylation sites (tertiary alicyclic amines) is 1. The van der Waals surface area contributed by atoms with Crippen molar-refractivity contribution < 1.29 is 9.59 Å². The van der Waals surface area contributed by atoms with Crippen LogP contribution >= 0.6 is 24.8 Å². The van der Waals surface area contributed by atoms with Gasteiger partial charge in [-0.1, -0.05) is 0 Å². The Morgan fingerprint density at radius 2 is 1.82 bits per heavy atom. The molecular formula is C18H28Cl2N6O2. The first-order valence-corrected chi connectivity index (χ1v) is 9.60. The first-order chi connectivity index (χ1) is 12.7. The first kappa shape index (κ1) is 22.6. The number of hydrogen-bond acceptors (Lipinski definition) is 6. The summed E-state index contributed by atoms with van der Waals surface area (Å²) >= 11 is 0. The third kappa shape index (κ3) is 4.85. The average molecular weight is 431 g/mol. The molecule has 0 aliphatic carbocycles. The lowest BCUT2D eigenvalue weighted by Crippen LogP contribution is -2.57. The molecule has 0 spiro atoms. The van der Waals surface area contributed by atoms with Crippen LogP contribution in [0.2, 0.25) is 0 Å². The number of hydrogen-bond donors (Lipinski definition) is 1. The minimum atomic E-state index is -0.0854. The van der Waals surface area contributed by atoms with Crippen molar-refractivity contribution in [3.8, 4) is 0 Å². The van der Waals surface area contributed by atoms with Gasteiger partial charge in [-0.25, -0.2) is 0 Å². The van der Waals surface area contributed by atoms with Gasteiger partial charge in [-0.15, -0.1) is 35.0 Å². The number of halogens is 2. The van der Waals surface area contributed by atoms with Crippen molar-refractivity contribution in [2.45, 2.75) is 31.7 Å². The molecule has 1 unspecified atom stereocenters. The van der Waals surface area contributed by atoms with Crippen molar-refractivity contribution in [2.24, 2.45) is 0 Å². The molecule has 28 heavy (non-hydrogen) atoms. The number of piperidine rings is 1. The van der Waals surface area contributed by atoms with Gasteiger partial charge in [0.2, 0.25) is 5.91 Å². The number of anilines is 1. The summed E-state index contributed by atoms with van der Waals surface area (Å²) in [5.41, 5.74) is 0.389. The molecule has 4 rings (SSSR count). The molecule has 1 N–H and O–H groups in total. The average Bonchev–Trinajstić information content (AvgIpc) is 3.23. The molecular weight excluding hydrogens is 403 g/mol. The summed E-state index contributed by atoms with van der Waals surface area (Å²) in [5.74, 6) is 0.894. The minimum absolute atomic E-state index is 0. The molecule has 0 bridgehead atoms. The van der Waals surface area contributed by atoms with Gasteiger partial charge in [0.15, 0.2) is 11.5 Å². The Kier molecular flexibility index (Phi) is 8.27. The van der Waals surface area contributed by atoms with Crippen molar-refractivity contribution in [3.05, 3.63) is 17.8 Å². The molecule has 0 saturated carbocycles. The predicted molar refractivity (Wildman–Crippen MR) is 111 cm³/mol. The van der Waals surface area contributed by atoms with Gasteiger partial charge in [-0.2, -0.15) is 0 Å². The Labute approximate surface area is 177 Å². The van der Waals surface area contributed by atoms with Gasteiger partial charge in [0, 0.05) is 45.3 Å². The van der Waals surface area contributed by atoms with Crippen LogP contribution < -0.4 is 10.2 Å². The van der Waals surface area contributed by atoms with Gasteiger partial charge < -0.3 is 20.0 Å². The maximum absolute atomic E-state index is 12.8. The number of aromatic nitrogens is 2. The van der Waals surface area contributed by atoms with E-state index in [4.69, 9.17) is 0 Å². The normalized spacial score (nSPS) is 22.5. The Morgan fingerprint density at radius 1 is 1.04 bits per heavy atom. The molecule has 0 aromatic carbocycles. The number of carbonyl (C=O) groups is 2. The molecule has 8 nitrogen and oxygen atoms in total. The fourth-order valence-electron chi connectivity index (χ4n) is 4.12. The van der Waals surface area contributed by atoms with E-state index in [2.05, 4.69) is 20.4 Å². The van der Waals surface area contributed by atoms with Crippen LogP contribution in [-0.2, 0) is 4.79 Å². The molecule has 3 aliphatic heterocycles. The van der Waals surface area contributed by atoms with Crippen molar-refractivity contribution in [2.75, 3.05) is 50.7 Å². The highest BCUT2D eigenvalue weighted by molar-refractivity contribution is 5.92. The van der Waals surface area contributed by atoms with Gasteiger partial charge in [-0.05, 0) is 37.8 Å². The molecule has 3 fully saturated rings. The summed E-state index contributed by atoms with van der Waals surface area (Å²) in [6.07, 6.45) is 4.23. The zero-order chi connectivity index (χ0) is 17.9. The zero-order valence-corrected chi connectivity index (χ0v) is 17.5. The monoisotopic (exact) mass is 430 g/mol. The zero-order valence-electron chi connectivity index (χ0n) is 15.9. The molecule has 2 amide bonds. The van der Waals surface area contributed by atoms with Gasteiger partial charge in [0.1, 0.15) is 0 Å². The van der Waals surface area contributed by atoms with Crippen LogP contribution in [0.25, 0.3) is 0 Å². The first-order valence-electron chi connectivity index (χ1n) is 9.60. The lowest BCUT2D eigenvalue weighted by atomic mass is 10.0. The minimum Gasteiger partial charge on any atom is -0.355 e. The second kappa shape index (κ2) is 10.2. The molecule has 10 heteroatoms. The summed E-state index contributed by atoms with van der Waals surface area (Å²) in [6.45, 7) is 5.25. The smallest absolute Gasteiger partial charge is 0.274 e. The van der Waals surface area contributed by atoms with Crippen LogP contribution in [0.5, 0.6) is 0 Å². The summed E-state index contributed by atoms with van der Waals surface area (Å²) in [7, 11) is 0. The molecule has 4 heterocycles. The third-order valence-electron chi connectivity index (χ3n) is 5.55. The SMILES string of the molecule is Cl.Cl.O=C(c1ccc(N2CCCC2)nn1)N1CCCC(N2CCNCC2=O)C1. The van der Waals surface area contributed by atoms with E-state index in [9.17, 15) is 9.59 Å². The van der Waals surface area contributed by atoms with Gasteiger partial charge in [0.25, 0.3) is 5.91 Å². The highest BCUT2D eigenvalue weighted by Gasteiger charge is 2.32. The summed E-state index contributed by atoms with van der Waals surface area (Å²) < 4.78 is 0. The third-order valence-corrected chi connectivity index (χ3v) is 5.55. The Morgan fingerprint density at radius 3 is 2.50 bits per heavy atom. The quantitative estimate of drug-likeness (QED) is 0.768. The lowest BCUT2D eigenvalue weighted by molar-refractivity contribution is -0.135. The van der Waals surface area contributed by atoms with Crippen LogP contribution in [-0.4, -0.2) is 83.7 Å². The van der Waals surface area contributed by atoms with Crippen molar-refractivity contribution in [1.29, 1.82) is 0 Å². The van der Waals surface area contributed by atoms with E-state index in [-0.39, 0.29) is 42.7 Å². The lowest BCUT2D eigenvalue weighted by Gasteiger charge is -2.41. The molecule has 3 aliphatic rings. The summed E-state index contributed by atoms with van der Waals surface area (Å²) in [4.78, 5) is 30.9. The van der Waals surface area contributed by atoms with Crippen LogP contribution in [0.3, 0.4) is 0 Å². The molecule has 1 aromatic rings. The van der Waals surface area contributed by atoms with E-state index in [0.29, 0.717) is 25.3 Å². The van der Waals surface area contributed by atoms with Gasteiger partial charge in [0.05, 0.1) is 6.54 Å². The van der Waals surface area contributed by atoms with E-state index >= 15 is 0 Å². The number of rotatable bonds is 3. The fourth-order valence-corrected chi connectivity index (χ4v) is 4.12. The number of nitrogens with zero attached hydrogens (tertiary/aromatic N) is 5. The molecule has 3 saturated heterocycles.